The second-order valence-electron chi connectivity index (χ2n) is 8.45. The molecule has 0 amide bonds. The van der Waals surface area contributed by atoms with Gasteiger partial charge >= 0.3 is 6.01 Å². The van der Waals surface area contributed by atoms with E-state index in [-0.39, 0.29) is 17.6 Å². The zero-order chi connectivity index (χ0) is 25.6. The third-order valence-electron chi connectivity index (χ3n) is 5.89. The number of nitrogens with two attached hydrogens (primary N) is 1. The number of hydrogen-bond donors (Lipinski definition) is 1. The first-order valence-corrected chi connectivity index (χ1v) is 11.1. The van der Waals surface area contributed by atoms with Gasteiger partial charge in [-0.1, -0.05) is 12.0 Å². The largest absolute Gasteiger partial charge is 0.421 e. The summed E-state index contributed by atoms with van der Waals surface area (Å²) in [6, 6.07) is 8.41. The molecule has 9 heteroatoms. The van der Waals surface area contributed by atoms with Crippen molar-refractivity contribution in [3.63, 3.8) is 0 Å². The Bertz CT molecular complexity index is 1680. The lowest BCUT2D eigenvalue weighted by Crippen LogP contribution is -1.98. The predicted molar refractivity (Wildman–Crippen MR) is 136 cm³/mol. The van der Waals surface area contributed by atoms with Crippen LogP contribution in [0.5, 0.6) is 11.8 Å². The van der Waals surface area contributed by atoms with Crippen LogP contribution < -0.4 is 10.5 Å². The number of benzene rings is 1. The lowest BCUT2D eigenvalue weighted by molar-refractivity contribution is 0.409. The number of anilines is 1. The van der Waals surface area contributed by atoms with E-state index in [1.807, 2.05) is 44.5 Å². The zero-order valence-electron chi connectivity index (χ0n) is 20.2. The highest BCUT2D eigenvalue weighted by atomic mass is 19.1. The van der Waals surface area contributed by atoms with E-state index in [0.717, 1.165) is 28.2 Å². The van der Waals surface area contributed by atoms with Crippen molar-refractivity contribution in [3.05, 3.63) is 71.3 Å². The maximum atomic E-state index is 15.4. The Kier molecular flexibility index (Phi) is 5.57. The zero-order valence-corrected chi connectivity index (χ0v) is 20.2. The van der Waals surface area contributed by atoms with Crippen LogP contribution in [0.15, 0.2) is 42.9 Å². The number of halogens is 1. The van der Waals surface area contributed by atoms with Gasteiger partial charge in [0.2, 0.25) is 0 Å². The van der Waals surface area contributed by atoms with E-state index in [0.29, 0.717) is 27.9 Å². The number of aryl methyl sites for hydroxylation is 4. The first-order valence-electron chi connectivity index (χ1n) is 11.1. The number of pyridine rings is 1. The van der Waals surface area contributed by atoms with Crippen molar-refractivity contribution in [2.45, 2.75) is 20.8 Å². The van der Waals surface area contributed by atoms with E-state index < -0.39 is 5.82 Å². The van der Waals surface area contributed by atoms with E-state index in [2.05, 4.69) is 30.8 Å². The van der Waals surface area contributed by atoms with Gasteiger partial charge in [0.05, 0.1) is 11.1 Å². The Morgan fingerprint density at radius 2 is 1.78 bits per heavy atom. The van der Waals surface area contributed by atoms with Crippen LogP contribution in [-0.4, -0.2) is 29.5 Å². The van der Waals surface area contributed by atoms with E-state index >= 15 is 4.39 Å². The number of aromatic nitrogens is 6. The van der Waals surface area contributed by atoms with Crippen molar-refractivity contribution in [3.8, 4) is 46.5 Å². The highest BCUT2D eigenvalue weighted by Gasteiger charge is 2.24. The number of hydrogen-bond acceptors (Lipinski definition) is 7. The summed E-state index contributed by atoms with van der Waals surface area (Å²) in [6.45, 7) is 5.58. The average Bonchev–Trinajstić information content (AvgIpc) is 3.13. The van der Waals surface area contributed by atoms with Crippen molar-refractivity contribution in [1.82, 2.24) is 29.5 Å². The number of fused-ring (bicyclic) bond motifs is 1. The quantitative estimate of drug-likeness (QED) is 0.365. The minimum Gasteiger partial charge on any atom is -0.421 e. The van der Waals surface area contributed by atoms with E-state index in [4.69, 9.17) is 16.9 Å². The minimum atomic E-state index is -0.578. The summed E-state index contributed by atoms with van der Waals surface area (Å²) < 4.78 is 22.9. The summed E-state index contributed by atoms with van der Waals surface area (Å²) in [5, 5.41) is 0.612. The van der Waals surface area contributed by atoms with Gasteiger partial charge < -0.3 is 15.0 Å². The molecule has 4 heterocycles. The molecule has 0 aliphatic heterocycles. The topological polar surface area (TPSA) is 105 Å². The molecule has 178 valence electrons. The molecule has 0 unspecified atom stereocenters. The lowest BCUT2D eigenvalue weighted by Gasteiger charge is -2.12. The van der Waals surface area contributed by atoms with Gasteiger partial charge in [-0.3, -0.25) is 0 Å². The van der Waals surface area contributed by atoms with Gasteiger partial charge in [0.1, 0.15) is 23.5 Å². The van der Waals surface area contributed by atoms with Gasteiger partial charge in [-0.15, -0.1) is 6.42 Å². The van der Waals surface area contributed by atoms with Crippen LogP contribution >= 0.6 is 0 Å². The third-order valence-corrected chi connectivity index (χ3v) is 5.89. The molecular formula is C27H22FN7O. The molecule has 0 spiro atoms. The molecule has 2 N–H and O–H groups in total. The summed E-state index contributed by atoms with van der Waals surface area (Å²) >= 11 is 0. The van der Waals surface area contributed by atoms with Crippen molar-refractivity contribution < 1.29 is 9.13 Å². The Balaban J connectivity index is 1.70. The molecule has 0 fully saturated rings. The summed E-state index contributed by atoms with van der Waals surface area (Å²) in [5.41, 5.74) is 12.6. The SMILES string of the molecule is C#Cc1cc(C)c(-c2c(-c3ccc(Oc4nc(C)cc(C)n4)c(F)c3)c3c(N)ncnc3n2C)cn1. The monoisotopic (exact) mass is 479 g/mol. The number of rotatable bonds is 4. The van der Waals surface area contributed by atoms with E-state index in [1.54, 1.807) is 18.3 Å². The molecule has 0 aliphatic carbocycles. The molecule has 0 aliphatic rings. The van der Waals surface area contributed by atoms with Crippen LogP contribution in [0.4, 0.5) is 10.2 Å². The van der Waals surface area contributed by atoms with Gasteiger partial charge in [0, 0.05) is 35.8 Å². The smallest absolute Gasteiger partial charge is 0.322 e. The molecule has 1 aromatic carbocycles. The number of nitrogen functional groups attached to an aromatic ring is 1. The molecule has 4 aromatic heterocycles. The van der Waals surface area contributed by atoms with Crippen LogP contribution in [0.2, 0.25) is 0 Å². The highest BCUT2D eigenvalue weighted by molar-refractivity contribution is 6.08. The fourth-order valence-corrected chi connectivity index (χ4v) is 4.33. The maximum Gasteiger partial charge on any atom is 0.322 e. The molecule has 0 bridgehead atoms. The second kappa shape index (κ2) is 8.74. The molecule has 8 nitrogen and oxygen atoms in total. The fraction of sp³-hybridized carbons (Fsp3) is 0.148. The predicted octanol–water partition coefficient (Wildman–Crippen LogP) is 4.91. The van der Waals surface area contributed by atoms with Gasteiger partial charge in [0.15, 0.2) is 11.6 Å². The van der Waals surface area contributed by atoms with Crippen molar-refractivity contribution in [2.75, 3.05) is 5.73 Å². The Hall–Kier alpha value is -4.84. The molecule has 0 saturated heterocycles. The van der Waals surface area contributed by atoms with Crippen LogP contribution in [0.25, 0.3) is 33.4 Å². The highest BCUT2D eigenvalue weighted by Crippen LogP contribution is 2.43. The van der Waals surface area contributed by atoms with Crippen molar-refractivity contribution >= 4 is 16.9 Å². The number of terminal acetylenes is 1. The van der Waals surface area contributed by atoms with E-state index in [9.17, 15) is 0 Å². The van der Waals surface area contributed by atoms with E-state index in [1.165, 1.54) is 12.4 Å². The van der Waals surface area contributed by atoms with Crippen LogP contribution in [0.3, 0.4) is 0 Å². The molecule has 0 radical (unpaired) electrons. The second-order valence-corrected chi connectivity index (χ2v) is 8.45. The number of ether oxygens (including phenoxy) is 1. The molecule has 5 aromatic rings. The third kappa shape index (κ3) is 3.88. The van der Waals surface area contributed by atoms with Crippen molar-refractivity contribution in [2.24, 2.45) is 7.05 Å². The fourth-order valence-electron chi connectivity index (χ4n) is 4.33. The maximum absolute atomic E-state index is 15.4. The minimum absolute atomic E-state index is 0.00554. The molecule has 5 rings (SSSR count). The summed E-state index contributed by atoms with van der Waals surface area (Å²) in [5.74, 6) is 2.26. The Morgan fingerprint density at radius 3 is 2.44 bits per heavy atom. The van der Waals surface area contributed by atoms with Gasteiger partial charge in [-0.2, -0.15) is 0 Å². The summed E-state index contributed by atoms with van der Waals surface area (Å²) in [6.07, 6.45) is 8.63. The van der Waals surface area contributed by atoms with Gasteiger partial charge in [-0.05, 0) is 56.2 Å². The van der Waals surface area contributed by atoms with Gasteiger partial charge in [-0.25, -0.2) is 29.3 Å². The first kappa shape index (κ1) is 22.9. The molecule has 0 atom stereocenters. The normalized spacial score (nSPS) is 11.0. The Labute approximate surface area is 207 Å². The van der Waals surface area contributed by atoms with Crippen LogP contribution in [0, 0.1) is 38.9 Å². The van der Waals surface area contributed by atoms with Crippen LogP contribution in [0.1, 0.15) is 22.6 Å². The standard InChI is InChI=1S/C27H22FN7O/c1-6-18-9-14(2)19(12-30-18)24-22(23-25(29)31-13-32-26(23)35(24)5)17-7-8-21(20(28)11-17)36-27-33-15(3)10-16(4)34-27/h1,7-13H,2-5H3,(H2,29,31,32). The summed E-state index contributed by atoms with van der Waals surface area (Å²) in [7, 11) is 1.87. The summed E-state index contributed by atoms with van der Waals surface area (Å²) in [4.78, 5) is 21.4. The van der Waals surface area contributed by atoms with Gasteiger partial charge in [0.25, 0.3) is 0 Å². The molecule has 0 saturated carbocycles. The number of nitrogens with zero attached hydrogens (tertiary/aromatic N) is 6. The van der Waals surface area contributed by atoms with Crippen molar-refractivity contribution in [1.29, 1.82) is 0 Å². The lowest BCUT2D eigenvalue weighted by atomic mass is 9.97. The first-order chi connectivity index (χ1) is 17.3. The van der Waals surface area contributed by atoms with Crippen LogP contribution in [-0.2, 0) is 7.05 Å². The molecule has 36 heavy (non-hydrogen) atoms. The molecular weight excluding hydrogens is 457 g/mol. The Morgan fingerprint density at radius 1 is 1.03 bits per heavy atom. The average molecular weight is 480 g/mol.